The van der Waals surface area contributed by atoms with Crippen molar-refractivity contribution in [2.24, 2.45) is 0 Å². The van der Waals surface area contributed by atoms with Crippen molar-refractivity contribution in [3.05, 3.63) is 52.5 Å². The number of piperazine rings is 1. The maximum absolute atomic E-state index is 12.3. The lowest BCUT2D eigenvalue weighted by Crippen LogP contribution is -2.46. The third-order valence-corrected chi connectivity index (χ3v) is 6.19. The third kappa shape index (κ3) is 6.35. The lowest BCUT2D eigenvalue weighted by Gasteiger charge is -2.34. The summed E-state index contributed by atoms with van der Waals surface area (Å²) < 4.78 is 11.9. The molecule has 0 unspecified atom stereocenters. The maximum Gasteiger partial charge on any atom is 0.319 e. The van der Waals surface area contributed by atoms with Crippen LogP contribution < -0.4 is 20.1 Å². The van der Waals surface area contributed by atoms with Gasteiger partial charge in [0.15, 0.2) is 11.5 Å². The molecule has 2 aromatic rings. The molecule has 8 heteroatoms. The van der Waals surface area contributed by atoms with Gasteiger partial charge in [-0.05, 0) is 34.5 Å². The molecule has 2 amide bonds. The van der Waals surface area contributed by atoms with Crippen LogP contribution in [-0.2, 0) is 6.54 Å². The zero-order valence-electron chi connectivity index (χ0n) is 17.6. The first-order valence-corrected chi connectivity index (χ1v) is 11.6. The number of nitrogens with zero attached hydrogens (tertiary/aromatic N) is 2. The smallest absolute Gasteiger partial charge is 0.319 e. The highest BCUT2D eigenvalue weighted by Gasteiger charge is 2.18. The van der Waals surface area contributed by atoms with E-state index in [9.17, 15) is 4.79 Å². The highest BCUT2D eigenvalue weighted by atomic mass is 79.9. The van der Waals surface area contributed by atoms with Crippen molar-refractivity contribution >= 4 is 27.6 Å². The number of ether oxygens (including phenoxy) is 2. The number of hydrogen-bond acceptors (Lipinski definition) is 5. The van der Waals surface area contributed by atoms with Crippen molar-refractivity contribution in [1.29, 1.82) is 0 Å². The van der Waals surface area contributed by atoms with Crippen molar-refractivity contribution in [3.8, 4) is 11.5 Å². The van der Waals surface area contributed by atoms with Crippen molar-refractivity contribution in [2.45, 2.75) is 13.0 Å². The number of anilines is 1. The Balaban J connectivity index is 1.13. The average molecular weight is 489 g/mol. The van der Waals surface area contributed by atoms with Gasteiger partial charge in [0, 0.05) is 55.9 Å². The molecule has 7 nitrogen and oxygen atoms in total. The van der Waals surface area contributed by atoms with Gasteiger partial charge in [0.2, 0.25) is 0 Å². The van der Waals surface area contributed by atoms with Crippen LogP contribution in [0.2, 0.25) is 0 Å². The fraction of sp³-hybridized carbons (Fsp3) is 0.435. The van der Waals surface area contributed by atoms with Crippen LogP contribution in [0.15, 0.2) is 46.9 Å². The van der Waals surface area contributed by atoms with E-state index in [1.165, 1.54) is 5.56 Å². The molecule has 0 aromatic heterocycles. The molecule has 0 aliphatic carbocycles. The third-order valence-electron chi connectivity index (χ3n) is 5.53. The summed E-state index contributed by atoms with van der Waals surface area (Å²) in [6, 6.07) is 14.0. The second-order valence-electron chi connectivity index (χ2n) is 7.81. The number of rotatable bonds is 7. The van der Waals surface area contributed by atoms with Gasteiger partial charge in [0.1, 0.15) is 13.2 Å². The van der Waals surface area contributed by atoms with Crippen molar-refractivity contribution < 1.29 is 14.3 Å². The minimum Gasteiger partial charge on any atom is -0.486 e. The molecule has 2 N–H and O–H groups in total. The summed E-state index contributed by atoms with van der Waals surface area (Å²) in [5, 5.41) is 5.81. The molecule has 0 radical (unpaired) electrons. The van der Waals surface area contributed by atoms with E-state index < -0.39 is 0 Å². The van der Waals surface area contributed by atoms with E-state index in [-0.39, 0.29) is 6.03 Å². The Labute approximate surface area is 191 Å². The number of nitrogens with one attached hydrogen (secondary N) is 2. The Morgan fingerprint density at radius 3 is 2.39 bits per heavy atom. The first kappa shape index (κ1) is 21.9. The molecule has 2 aliphatic rings. The minimum atomic E-state index is -0.218. The molecule has 31 heavy (non-hydrogen) atoms. The summed E-state index contributed by atoms with van der Waals surface area (Å²) >= 11 is 3.47. The summed E-state index contributed by atoms with van der Waals surface area (Å²) in [6.45, 7) is 8.01. The van der Waals surface area contributed by atoms with Crippen LogP contribution in [0.3, 0.4) is 0 Å². The Morgan fingerprint density at radius 2 is 1.65 bits per heavy atom. The summed E-state index contributed by atoms with van der Waals surface area (Å²) in [4.78, 5) is 17.2. The van der Waals surface area contributed by atoms with Gasteiger partial charge in [-0.3, -0.25) is 4.90 Å². The highest BCUT2D eigenvalue weighted by Crippen LogP contribution is 2.38. The number of amides is 2. The normalized spacial score (nSPS) is 16.7. The van der Waals surface area contributed by atoms with Crippen LogP contribution in [0.25, 0.3) is 0 Å². The van der Waals surface area contributed by atoms with Crippen LogP contribution in [0.4, 0.5) is 10.5 Å². The second kappa shape index (κ2) is 10.8. The van der Waals surface area contributed by atoms with Crippen molar-refractivity contribution in [2.75, 3.05) is 57.8 Å². The Kier molecular flexibility index (Phi) is 7.66. The molecule has 2 aliphatic heterocycles. The van der Waals surface area contributed by atoms with E-state index in [0.29, 0.717) is 36.9 Å². The van der Waals surface area contributed by atoms with Gasteiger partial charge in [0.05, 0.1) is 5.69 Å². The van der Waals surface area contributed by atoms with Gasteiger partial charge >= 0.3 is 6.03 Å². The molecular weight excluding hydrogens is 460 g/mol. The van der Waals surface area contributed by atoms with Crippen molar-refractivity contribution in [1.82, 2.24) is 15.1 Å². The summed E-state index contributed by atoms with van der Waals surface area (Å²) in [6.07, 6.45) is 0.925. The lowest BCUT2D eigenvalue weighted by atomic mass is 10.2. The van der Waals surface area contributed by atoms with Crippen LogP contribution in [0.5, 0.6) is 11.5 Å². The molecule has 166 valence electrons. The predicted molar refractivity (Wildman–Crippen MR) is 125 cm³/mol. The first-order valence-electron chi connectivity index (χ1n) is 10.8. The molecular formula is C23H29BrN4O3. The number of carbonyl (C=O) groups is 1. The molecule has 1 saturated heterocycles. The number of carbonyl (C=O) groups excluding carboxylic acids is 1. The largest absolute Gasteiger partial charge is 0.486 e. The van der Waals surface area contributed by atoms with Gasteiger partial charge in [-0.1, -0.05) is 30.3 Å². The molecule has 0 spiro atoms. The minimum absolute atomic E-state index is 0.218. The van der Waals surface area contributed by atoms with Gasteiger partial charge < -0.3 is 25.0 Å². The van der Waals surface area contributed by atoms with Crippen LogP contribution in [-0.4, -0.2) is 68.3 Å². The number of benzene rings is 2. The molecule has 1 fully saturated rings. The van der Waals surface area contributed by atoms with E-state index in [1.54, 1.807) is 6.07 Å². The molecule has 2 aromatic carbocycles. The monoisotopic (exact) mass is 488 g/mol. The molecule has 0 atom stereocenters. The molecule has 4 rings (SSSR count). The summed E-state index contributed by atoms with van der Waals surface area (Å²) in [5.74, 6) is 1.34. The number of halogens is 1. The molecule has 0 saturated carbocycles. The predicted octanol–water partition coefficient (Wildman–Crippen LogP) is 3.55. The quantitative estimate of drug-likeness (QED) is 0.583. The van der Waals surface area contributed by atoms with Gasteiger partial charge in [0.25, 0.3) is 0 Å². The maximum atomic E-state index is 12.3. The topological polar surface area (TPSA) is 66.1 Å². The van der Waals surface area contributed by atoms with Crippen LogP contribution >= 0.6 is 15.9 Å². The van der Waals surface area contributed by atoms with E-state index in [1.807, 2.05) is 6.07 Å². The van der Waals surface area contributed by atoms with E-state index in [4.69, 9.17) is 9.47 Å². The summed E-state index contributed by atoms with van der Waals surface area (Å²) in [5.41, 5.74) is 2.03. The molecule has 2 heterocycles. The Bertz CT molecular complexity index is 873. The van der Waals surface area contributed by atoms with E-state index in [2.05, 4.69) is 66.7 Å². The van der Waals surface area contributed by atoms with Crippen molar-refractivity contribution in [3.63, 3.8) is 0 Å². The highest BCUT2D eigenvalue weighted by molar-refractivity contribution is 9.10. The van der Waals surface area contributed by atoms with E-state index >= 15 is 0 Å². The summed E-state index contributed by atoms with van der Waals surface area (Å²) in [7, 11) is 0. The zero-order valence-corrected chi connectivity index (χ0v) is 19.2. The fourth-order valence-electron chi connectivity index (χ4n) is 3.84. The van der Waals surface area contributed by atoms with Crippen LogP contribution in [0.1, 0.15) is 12.0 Å². The number of fused-ring (bicyclic) bond motifs is 1. The number of urea groups is 1. The SMILES string of the molecule is O=C(NCCCN1CCN(Cc2ccccc2)CC1)Nc1cc2c(cc1Br)OCCO2. The van der Waals surface area contributed by atoms with Crippen LogP contribution in [0, 0.1) is 0 Å². The standard InChI is InChI=1S/C23H29BrN4O3/c24-19-15-21-22(31-14-13-30-21)16-20(19)26-23(29)25-7-4-8-27-9-11-28(12-10-27)17-18-5-2-1-3-6-18/h1-3,5-6,15-16H,4,7-14,17H2,(H2,25,26,29). The Hall–Kier alpha value is -2.29. The first-order chi connectivity index (χ1) is 15.2. The van der Waals surface area contributed by atoms with Gasteiger partial charge in [-0.15, -0.1) is 0 Å². The lowest BCUT2D eigenvalue weighted by molar-refractivity contribution is 0.126. The molecule has 0 bridgehead atoms. The van der Waals surface area contributed by atoms with Gasteiger partial charge in [-0.25, -0.2) is 4.79 Å². The fourth-order valence-corrected chi connectivity index (χ4v) is 4.26. The van der Waals surface area contributed by atoms with E-state index in [0.717, 1.165) is 50.2 Å². The average Bonchev–Trinajstić information content (AvgIpc) is 2.79. The number of hydrogen-bond donors (Lipinski definition) is 2. The van der Waals surface area contributed by atoms with Gasteiger partial charge in [-0.2, -0.15) is 0 Å². The second-order valence-corrected chi connectivity index (χ2v) is 8.67. The zero-order chi connectivity index (χ0) is 21.5. The Morgan fingerprint density at radius 1 is 0.968 bits per heavy atom.